The van der Waals surface area contributed by atoms with Crippen molar-refractivity contribution in [2.24, 2.45) is 0 Å². The van der Waals surface area contributed by atoms with Crippen molar-refractivity contribution in [3.8, 4) is 5.75 Å². The highest BCUT2D eigenvalue weighted by Crippen LogP contribution is 2.32. The SMILES string of the molecule is O=C1CCc2c(cccc2OS(=O)(=O)C(F)(F)F)C1. The summed E-state index contributed by atoms with van der Waals surface area (Å²) in [4.78, 5) is 11.2. The van der Waals surface area contributed by atoms with E-state index in [4.69, 9.17) is 0 Å². The lowest BCUT2D eigenvalue weighted by Crippen LogP contribution is -2.28. The molecule has 0 amide bonds. The van der Waals surface area contributed by atoms with Crippen LogP contribution in [0.4, 0.5) is 13.2 Å². The zero-order chi connectivity index (χ0) is 14.3. The van der Waals surface area contributed by atoms with E-state index in [2.05, 4.69) is 4.18 Å². The first kappa shape index (κ1) is 13.9. The summed E-state index contributed by atoms with van der Waals surface area (Å²) in [5, 5.41) is 0. The summed E-state index contributed by atoms with van der Waals surface area (Å²) in [5.41, 5.74) is -4.62. The van der Waals surface area contributed by atoms with E-state index in [0.29, 0.717) is 11.1 Å². The topological polar surface area (TPSA) is 60.4 Å². The molecule has 0 saturated heterocycles. The molecule has 0 atom stereocenters. The molecule has 0 N–H and O–H groups in total. The molecular formula is C11H9F3O4S. The number of benzene rings is 1. The van der Waals surface area contributed by atoms with E-state index in [-0.39, 0.29) is 30.8 Å². The van der Waals surface area contributed by atoms with Crippen molar-refractivity contribution in [2.75, 3.05) is 0 Å². The van der Waals surface area contributed by atoms with Gasteiger partial charge in [-0.25, -0.2) is 0 Å². The Hall–Kier alpha value is -1.57. The van der Waals surface area contributed by atoms with E-state index in [0.717, 1.165) is 6.07 Å². The van der Waals surface area contributed by atoms with Crippen LogP contribution in [0.15, 0.2) is 18.2 Å². The smallest absolute Gasteiger partial charge is 0.376 e. The van der Waals surface area contributed by atoms with Crippen LogP contribution in [-0.4, -0.2) is 19.7 Å². The van der Waals surface area contributed by atoms with Crippen molar-refractivity contribution in [2.45, 2.75) is 24.8 Å². The number of fused-ring (bicyclic) bond motifs is 1. The molecule has 1 aromatic carbocycles. The van der Waals surface area contributed by atoms with Crippen molar-refractivity contribution >= 4 is 15.9 Å². The largest absolute Gasteiger partial charge is 0.534 e. The third-order valence-corrected chi connectivity index (χ3v) is 3.72. The molecule has 8 heteroatoms. The van der Waals surface area contributed by atoms with Gasteiger partial charge in [0.1, 0.15) is 11.5 Å². The summed E-state index contributed by atoms with van der Waals surface area (Å²) in [6.07, 6.45) is 0.426. The second-order valence-electron chi connectivity index (χ2n) is 4.09. The monoisotopic (exact) mass is 294 g/mol. The van der Waals surface area contributed by atoms with Crippen molar-refractivity contribution < 1.29 is 30.6 Å². The van der Waals surface area contributed by atoms with Crippen LogP contribution >= 0.6 is 0 Å². The molecule has 104 valence electrons. The van der Waals surface area contributed by atoms with Crippen LogP contribution in [0.2, 0.25) is 0 Å². The number of halogens is 3. The van der Waals surface area contributed by atoms with E-state index in [1.54, 1.807) is 6.07 Å². The van der Waals surface area contributed by atoms with Crippen LogP contribution in [0.3, 0.4) is 0 Å². The predicted molar refractivity (Wildman–Crippen MR) is 59.1 cm³/mol. The van der Waals surface area contributed by atoms with Crippen LogP contribution in [-0.2, 0) is 27.8 Å². The van der Waals surface area contributed by atoms with Crippen molar-refractivity contribution in [1.82, 2.24) is 0 Å². The molecule has 0 bridgehead atoms. The maximum absolute atomic E-state index is 12.2. The zero-order valence-electron chi connectivity index (χ0n) is 9.53. The van der Waals surface area contributed by atoms with Crippen LogP contribution in [0, 0.1) is 0 Å². The third-order valence-electron chi connectivity index (χ3n) is 2.75. The molecule has 0 fully saturated rings. The number of carbonyl (C=O) groups is 1. The number of hydrogen-bond acceptors (Lipinski definition) is 4. The maximum Gasteiger partial charge on any atom is 0.534 e. The standard InChI is InChI=1S/C11H9F3O4S/c12-11(13,14)19(16,17)18-10-3-1-2-7-6-8(15)4-5-9(7)10/h1-3H,4-6H2. The fourth-order valence-corrected chi connectivity index (χ4v) is 2.36. The van der Waals surface area contributed by atoms with E-state index in [1.165, 1.54) is 6.07 Å². The van der Waals surface area contributed by atoms with E-state index in [9.17, 15) is 26.4 Å². The molecule has 0 radical (unpaired) electrons. The number of carbonyl (C=O) groups excluding carboxylic acids is 1. The van der Waals surface area contributed by atoms with Gasteiger partial charge in [0.05, 0.1) is 0 Å². The van der Waals surface area contributed by atoms with Gasteiger partial charge in [0.25, 0.3) is 0 Å². The van der Waals surface area contributed by atoms with Gasteiger partial charge in [0.15, 0.2) is 0 Å². The fourth-order valence-electron chi connectivity index (χ4n) is 1.87. The first-order chi connectivity index (χ1) is 8.71. The minimum absolute atomic E-state index is 0.0386. The Kier molecular flexibility index (Phi) is 3.29. The highest BCUT2D eigenvalue weighted by atomic mass is 32.2. The molecule has 1 aliphatic rings. The Morgan fingerprint density at radius 2 is 1.84 bits per heavy atom. The quantitative estimate of drug-likeness (QED) is 0.618. The van der Waals surface area contributed by atoms with Gasteiger partial charge in [0, 0.05) is 12.8 Å². The second-order valence-corrected chi connectivity index (χ2v) is 5.63. The van der Waals surface area contributed by atoms with E-state index in [1.807, 2.05) is 0 Å². The van der Waals surface area contributed by atoms with Gasteiger partial charge in [-0.05, 0) is 23.6 Å². The van der Waals surface area contributed by atoms with Gasteiger partial charge in [-0.3, -0.25) is 4.79 Å². The molecule has 0 unspecified atom stereocenters. The molecule has 4 nitrogen and oxygen atoms in total. The molecule has 0 heterocycles. The Morgan fingerprint density at radius 3 is 2.47 bits per heavy atom. The molecule has 0 saturated carbocycles. The number of alkyl halides is 3. The lowest BCUT2D eigenvalue weighted by atomic mass is 9.90. The van der Waals surface area contributed by atoms with Crippen LogP contribution in [0.1, 0.15) is 17.5 Å². The molecule has 2 rings (SSSR count). The van der Waals surface area contributed by atoms with Crippen molar-refractivity contribution in [3.05, 3.63) is 29.3 Å². The number of hydrogen-bond donors (Lipinski definition) is 0. The van der Waals surface area contributed by atoms with Gasteiger partial charge in [0.2, 0.25) is 0 Å². The Labute approximate surface area is 107 Å². The van der Waals surface area contributed by atoms with E-state index >= 15 is 0 Å². The lowest BCUT2D eigenvalue weighted by molar-refractivity contribution is -0.118. The van der Waals surface area contributed by atoms with Crippen LogP contribution in [0.5, 0.6) is 5.75 Å². The maximum atomic E-state index is 12.2. The average molecular weight is 294 g/mol. The summed E-state index contributed by atoms with van der Waals surface area (Å²) >= 11 is 0. The summed E-state index contributed by atoms with van der Waals surface area (Å²) in [7, 11) is -5.68. The van der Waals surface area contributed by atoms with Crippen molar-refractivity contribution in [3.63, 3.8) is 0 Å². The third kappa shape index (κ3) is 2.73. The first-order valence-electron chi connectivity index (χ1n) is 5.34. The van der Waals surface area contributed by atoms with E-state index < -0.39 is 15.6 Å². The highest BCUT2D eigenvalue weighted by molar-refractivity contribution is 7.88. The van der Waals surface area contributed by atoms with Gasteiger partial charge < -0.3 is 4.18 Å². The Balaban J connectivity index is 2.38. The van der Waals surface area contributed by atoms with Crippen LogP contribution in [0.25, 0.3) is 0 Å². The van der Waals surface area contributed by atoms with Gasteiger partial charge in [-0.15, -0.1) is 0 Å². The summed E-state index contributed by atoms with van der Waals surface area (Å²) in [5.74, 6) is -0.398. The van der Waals surface area contributed by atoms with Gasteiger partial charge in [-0.1, -0.05) is 12.1 Å². The normalized spacial score (nSPS) is 16.1. The van der Waals surface area contributed by atoms with Gasteiger partial charge >= 0.3 is 15.6 Å². The predicted octanol–water partition coefficient (Wildman–Crippen LogP) is 1.97. The zero-order valence-corrected chi connectivity index (χ0v) is 10.3. The Bertz CT molecular complexity index is 619. The average Bonchev–Trinajstić information content (AvgIpc) is 2.26. The minimum atomic E-state index is -5.68. The Morgan fingerprint density at radius 1 is 1.16 bits per heavy atom. The number of Topliss-reactive ketones (excluding diaryl/α,β-unsaturated/α-hetero) is 1. The number of rotatable bonds is 2. The highest BCUT2D eigenvalue weighted by Gasteiger charge is 2.48. The fraction of sp³-hybridized carbons (Fsp3) is 0.364. The first-order valence-corrected chi connectivity index (χ1v) is 6.75. The summed E-state index contributed by atoms with van der Waals surface area (Å²) < 4.78 is 62.8. The number of ketones is 1. The molecule has 0 aromatic heterocycles. The second kappa shape index (κ2) is 4.52. The lowest BCUT2D eigenvalue weighted by Gasteiger charge is -2.18. The summed E-state index contributed by atoms with van der Waals surface area (Å²) in [6.45, 7) is 0. The van der Waals surface area contributed by atoms with Crippen LogP contribution < -0.4 is 4.18 Å². The molecule has 0 aliphatic heterocycles. The molecule has 0 spiro atoms. The molecular weight excluding hydrogens is 285 g/mol. The molecule has 1 aromatic rings. The molecule has 1 aliphatic carbocycles. The summed E-state index contributed by atoms with van der Waals surface area (Å²) in [6, 6.07) is 4.08. The van der Waals surface area contributed by atoms with Gasteiger partial charge in [-0.2, -0.15) is 21.6 Å². The minimum Gasteiger partial charge on any atom is -0.376 e. The molecule has 19 heavy (non-hydrogen) atoms. The van der Waals surface area contributed by atoms with Crippen molar-refractivity contribution in [1.29, 1.82) is 0 Å².